The van der Waals surface area contributed by atoms with E-state index in [0.29, 0.717) is 43.8 Å². The van der Waals surface area contributed by atoms with Crippen molar-refractivity contribution >= 4 is 23.5 Å². The normalized spacial score (nSPS) is 17.9. The number of carbonyl (C=O) groups excluding carboxylic acids is 2. The lowest BCUT2D eigenvalue weighted by Gasteiger charge is -2.35. The molecule has 2 aromatic heterocycles. The van der Waals surface area contributed by atoms with E-state index in [0.717, 1.165) is 5.57 Å². The summed E-state index contributed by atoms with van der Waals surface area (Å²) < 4.78 is 12.7. The topological polar surface area (TPSA) is 118 Å². The Balaban J connectivity index is 1.66. The van der Waals surface area contributed by atoms with E-state index in [4.69, 9.17) is 9.47 Å². The Morgan fingerprint density at radius 2 is 1.89 bits per heavy atom. The van der Waals surface area contributed by atoms with Crippen molar-refractivity contribution in [1.29, 1.82) is 0 Å². The summed E-state index contributed by atoms with van der Waals surface area (Å²) in [5.41, 5.74) is -0.388. The number of amides is 2. The number of imidazole rings is 1. The van der Waals surface area contributed by atoms with Crippen LogP contribution in [-0.2, 0) is 9.47 Å². The number of H-pyrrole nitrogens is 1. The van der Waals surface area contributed by atoms with Crippen LogP contribution in [0.3, 0.4) is 0 Å². The molecule has 0 radical (unpaired) electrons. The molecular weight excluding hydrogens is 474 g/mol. The van der Waals surface area contributed by atoms with Crippen molar-refractivity contribution in [2.75, 3.05) is 19.6 Å². The maximum atomic E-state index is 13.0. The Labute approximate surface area is 217 Å². The van der Waals surface area contributed by atoms with Crippen molar-refractivity contribution in [2.45, 2.75) is 72.5 Å². The molecule has 0 aliphatic heterocycles. The number of fused-ring (bicyclic) bond motifs is 1. The molecule has 0 saturated carbocycles. The van der Waals surface area contributed by atoms with Gasteiger partial charge in [-0.3, -0.25) is 14.2 Å². The van der Waals surface area contributed by atoms with E-state index in [9.17, 15) is 14.4 Å². The highest BCUT2D eigenvalue weighted by atomic mass is 16.6. The van der Waals surface area contributed by atoms with Gasteiger partial charge in [-0.25, -0.2) is 14.6 Å². The molecule has 1 aliphatic carbocycles. The molecule has 2 aromatic rings. The Bertz CT molecular complexity index is 1240. The van der Waals surface area contributed by atoms with Gasteiger partial charge in [-0.2, -0.15) is 0 Å². The van der Waals surface area contributed by atoms with E-state index in [-0.39, 0.29) is 11.0 Å². The van der Waals surface area contributed by atoms with Gasteiger partial charge in [0.15, 0.2) is 0 Å². The van der Waals surface area contributed by atoms with Gasteiger partial charge in [0.2, 0.25) is 5.78 Å². The van der Waals surface area contributed by atoms with Crippen LogP contribution in [0.1, 0.15) is 66.9 Å². The van der Waals surface area contributed by atoms with Crippen LogP contribution in [0.15, 0.2) is 41.6 Å². The molecule has 0 saturated heterocycles. The zero-order chi connectivity index (χ0) is 27.4. The molecule has 1 unspecified atom stereocenters. The van der Waals surface area contributed by atoms with Gasteiger partial charge in [0.05, 0.1) is 5.56 Å². The van der Waals surface area contributed by atoms with Crippen molar-refractivity contribution < 1.29 is 19.1 Å². The third kappa shape index (κ3) is 8.23. The second-order valence-electron chi connectivity index (χ2n) is 11.7. The number of hydrogen-bond acceptors (Lipinski definition) is 6. The lowest BCUT2D eigenvalue weighted by molar-refractivity contribution is 0.0193. The average molecular weight is 514 g/mol. The van der Waals surface area contributed by atoms with Crippen LogP contribution in [0.4, 0.5) is 9.59 Å². The number of nitrogens with zero attached hydrogens (tertiary/aromatic N) is 3. The van der Waals surface area contributed by atoms with Crippen molar-refractivity contribution in [3.63, 3.8) is 0 Å². The van der Waals surface area contributed by atoms with Gasteiger partial charge in [0.1, 0.15) is 11.2 Å². The van der Waals surface area contributed by atoms with Crippen molar-refractivity contribution in [3.8, 4) is 0 Å². The summed E-state index contributed by atoms with van der Waals surface area (Å²) in [5.74, 6) is 0.494. The van der Waals surface area contributed by atoms with Gasteiger partial charge in [-0.1, -0.05) is 25.2 Å². The zero-order valence-corrected chi connectivity index (χ0v) is 22.9. The largest absolute Gasteiger partial charge is 0.444 e. The first-order chi connectivity index (χ1) is 17.1. The molecule has 10 heteroatoms. The lowest BCUT2D eigenvalue weighted by atomic mass is 9.80. The molecule has 3 rings (SSSR count). The smallest absolute Gasteiger partial charge is 0.410 e. The van der Waals surface area contributed by atoms with Crippen LogP contribution >= 0.6 is 0 Å². The summed E-state index contributed by atoms with van der Waals surface area (Å²) >= 11 is 0. The van der Waals surface area contributed by atoms with E-state index in [2.05, 4.69) is 22.2 Å². The van der Waals surface area contributed by atoms with Gasteiger partial charge >= 0.3 is 12.2 Å². The molecular formula is C27H39N5O5. The number of allylic oxidation sites excluding steroid dienone is 3. The van der Waals surface area contributed by atoms with E-state index in [1.807, 2.05) is 39.0 Å². The molecule has 0 aromatic carbocycles. The molecule has 10 nitrogen and oxygen atoms in total. The van der Waals surface area contributed by atoms with Crippen molar-refractivity contribution in [2.24, 2.45) is 5.41 Å². The fourth-order valence-corrected chi connectivity index (χ4v) is 3.95. The number of nitrogens with one attached hydrogen (secondary N) is 2. The van der Waals surface area contributed by atoms with Crippen LogP contribution < -0.4 is 10.9 Å². The van der Waals surface area contributed by atoms with Crippen LogP contribution in [0.5, 0.6) is 0 Å². The average Bonchev–Trinajstić information content (AvgIpc) is 3.20. The zero-order valence-electron chi connectivity index (χ0n) is 22.9. The first-order valence-corrected chi connectivity index (χ1v) is 12.5. The van der Waals surface area contributed by atoms with Crippen LogP contribution in [0.2, 0.25) is 0 Å². The van der Waals surface area contributed by atoms with E-state index < -0.39 is 23.4 Å². The van der Waals surface area contributed by atoms with Crippen molar-refractivity contribution in [1.82, 2.24) is 24.6 Å². The van der Waals surface area contributed by atoms with Gasteiger partial charge in [-0.15, -0.1) is 0 Å². The number of carbonyl (C=O) groups is 2. The number of aromatic nitrogens is 3. The monoisotopic (exact) mass is 513 g/mol. The highest BCUT2D eigenvalue weighted by Gasteiger charge is 2.31. The molecule has 0 fully saturated rings. The molecule has 2 amide bonds. The summed E-state index contributed by atoms with van der Waals surface area (Å²) in [6.45, 7) is 14.2. The quantitative estimate of drug-likeness (QED) is 0.526. The third-order valence-corrected chi connectivity index (χ3v) is 5.65. The summed E-state index contributed by atoms with van der Waals surface area (Å²) in [7, 11) is 0. The lowest BCUT2D eigenvalue weighted by Crippen LogP contribution is -2.44. The van der Waals surface area contributed by atoms with Gasteiger partial charge in [-0.05, 0) is 60.0 Å². The second-order valence-corrected chi connectivity index (χ2v) is 11.7. The molecule has 2 N–H and O–H groups in total. The number of alkyl carbamates (subject to hydrolysis) is 1. The molecule has 1 aliphatic rings. The Hall–Kier alpha value is -3.56. The molecule has 202 valence electrons. The summed E-state index contributed by atoms with van der Waals surface area (Å²) in [4.78, 5) is 46.1. The van der Waals surface area contributed by atoms with E-state index in [1.165, 1.54) is 0 Å². The number of ether oxygens (including phenoxy) is 2. The van der Waals surface area contributed by atoms with Crippen LogP contribution in [0.25, 0.3) is 11.4 Å². The fourth-order valence-electron chi connectivity index (χ4n) is 3.95. The first kappa shape index (κ1) is 28.0. The van der Waals surface area contributed by atoms with Crippen LogP contribution in [-0.4, -0.2) is 62.3 Å². The molecule has 0 bridgehead atoms. The Kier molecular flexibility index (Phi) is 8.19. The molecule has 37 heavy (non-hydrogen) atoms. The highest BCUT2D eigenvalue weighted by molar-refractivity contribution is 5.75. The number of hydrogen-bond donors (Lipinski definition) is 2. The summed E-state index contributed by atoms with van der Waals surface area (Å²) in [6, 6.07) is 0. The Morgan fingerprint density at radius 1 is 1.19 bits per heavy atom. The summed E-state index contributed by atoms with van der Waals surface area (Å²) in [6.07, 6.45) is 11.4. The predicted octanol–water partition coefficient (Wildman–Crippen LogP) is 4.52. The number of aromatic amines is 1. The minimum atomic E-state index is -0.631. The third-order valence-electron chi connectivity index (χ3n) is 5.65. The van der Waals surface area contributed by atoms with Gasteiger partial charge in [0, 0.05) is 43.6 Å². The standard InChI is InChI=1S/C27H39N5O5/c1-25(2,3)36-23(34)29-13-8-15-32(24(35)37-26(4,5)6)18-27(7)11-9-19(10-12-27)20-17-31-16-14-28-22(31)30-21(20)33/h9-11,14,16-17H,8,12-13,15,18H2,1-7H3,(H,29,34)(H,28,30,33). The summed E-state index contributed by atoms with van der Waals surface area (Å²) in [5, 5.41) is 2.73. The van der Waals surface area contributed by atoms with Gasteiger partial charge in [0.25, 0.3) is 5.56 Å². The van der Waals surface area contributed by atoms with Gasteiger partial charge < -0.3 is 19.7 Å². The van der Waals surface area contributed by atoms with Crippen LogP contribution in [0, 0.1) is 5.41 Å². The second kappa shape index (κ2) is 10.8. The maximum absolute atomic E-state index is 13.0. The molecule has 0 spiro atoms. The number of rotatable bonds is 7. The highest BCUT2D eigenvalue weighted by Crippen LogP contribution is 2.33. The van der Waals surface area contributed by atoms with E-state index >= 15 is 0 Å². The SMILES string of the molecule is CC1(CN(CCCNC(=O)OC(C)(C)C)C(=O)OC(C)(C)C)C=CC(c2cn3ccnc3[nH]c2=O)=CC1. The molecule has 2 heterocycles. The van der Waals surface area contributed by atoms with Crippen molar-refractivity contribution in [3.05, 3.63) is 52.7 Å². The predicted molar refractivity (Wildman–Crippen MR) is 142 cm³/mol. The molecule has 1 atom stereocenters. The minimum absolute atomic E-state index is 0.203. The maximum Gasteiger partial charge on any atom is 0.410 e. The Morgan fingerprint density at radius 3 is 2.51 bits per heavy atom. The first-order valence-electron chi connectivity index (χ1n) is 12.5. The van der Waals surface area contributed by atoms with E-state index in [1.54, 1.807) is 48.7 Å². The minimum Gasteiger partial charge on any atom is -0.444 e. The fraction of sp³-hybridized carbons (Fsp3) is 0.556.